The maximum atomic E-state index is 11.5. The van der Waals surface area contributed by atoms with Gasteiger partial charge in [0.1, 0.15) is 0 Å². The molecule has 0 amide bonds. The molecule has 0 unspecified atom stereocenters. The number of benzene rings is 2. The summed E-state index contributed by atoms with van der Waals surface area (Å²) in [6, 6.07) is 13.6. The normalized spacial score (nSPS) is 13.7. The summed E-state index contributed by atoms with van der Waals surface area (Å²) >= 11 is 0. The number of hydrogen-bond donors (Lipinski definition) is 0. The van der Waals surface area contributed by atoms with Crippen molar-refractivity contribution in [3.05, 3.63) is 87.0 Å². The molecule has 182 valence electrons. The highest BCUT2D eigenvalue weighted by atomic mass is 15.2. The molecular weight excluding hydrogens is 412 g/mol. The topological polar surface area (TPSA) is 25.3 Å². The lowest BCUT2D eigenvalue weighted by atomic mass is 9.97. The third-order valence-corrected chi connectivity index (χ3v) is 6.84. The second-order valence-electron chi connectivity index (χ2n) is 10.1. The fourth-order valence-electron chi connectivity index (χ4n) is 5.08. The van der Waals surface area contributed by atoms with Crippen LogP contribution in [0.15, 0.2) is 48.0 Å². The van der Waals surface area contributed by atoms with Gasteiger partial charge in [-0.25, -0.2) is 4.70 Å². The predicted octanol–water partition coefficient (Wildman–Crippen LogP) is 9.76. The lowest BCUT2D eigenvalue weighted by Crippen LogP contribution is -2.04. The fourth-order valence-corrected chi connectivity index (χ4v) is 5.08. The summed E-state index contributed by atoms with van der Waals surface area (Å²) in [6.45, 7) is 11.1. The molecule has 0 aliphatic carbocycles. The Morgan fingerprint density at radius 2 is 1.15 bits per heavy atom. The van der Waals surface area contributed by atoms with Gasteiger partial charge >= 0.3 is 0 Å². The van der Waals surface area contributed by atoms with Crippen molar-refractivity contribution in [3.63, 3.8) is 0 Å². The first-order valence-corrected chi connectivity index (χ1v) is 13.6. The van der Waals surface area contributed by atoms with Crippen LogP contribution in [0, 0.1) is 13.8 Å². The van der Waals surface area contributed by atoms with Crippen LogP contribution < -0.4 is 0 Å². The zero-order chi connectivity index (χ0) is 24.5. The van der Waals surface area contributed by atoms with Gasteiger partial charge in [0.25, 0.3) is 0 Å². The molecule has 2 aromatic rings. The lowest BCUT2D eigenvalue weighted by molar-refractivity contribution is -0.344. The quantitative estimate of drug-likeness (QED) is 0.212. The molecule has 2 aromatic carbocycles. The van der Waals surface area contributed by atoms with Gasteiger partial charge in [-0.15, -0.1) is 0 Å². The van der Waals surface area contributed by atoms with Gasteiger partial charge in [0, 0.05) is 22.8 Å². The highest BCUT2D eigenvalue weighted by molar-refractivity contribution is 5.79. The SMILES string of the molecule is CCCCCc1cc(C)cc(C2=CC(CCCC)=C(c3cc(C)cc(CCCCC)c3)[N+]2=[N-])c1. The van der Waals surface area contributed by atoms with Crippen LogP contribution in [0.4, 0.5) is 0 Å². The Kier molecular flexibility index (Phi) is 9.86. The number of rotatable bonds is 13. The third kappa shape index (κ3) is 6.78. The molecule has 2 heteroatoms. The molecule has 0 fully saturated rings. The van der Waals surface area contributed by atoms with Crippen molar-refractivity contribution in [1.29, 1.82) is 0 Å². The molecule has 0 saturated carbocycles. The van der Waals surface area contributed by atoms with E-state index in [4.69, 9.17) is 0 Å². The number of nitrogens with zero attached hydrogens (tertiary/aromatic N) is 2. The largest absolute Gasteiger partial charge is 0.493 e. The van der Waals surface area contributed by atoms with Crippen molar-refractivity contribution in [2.75, 3.05) is 0 Å². The van der Waals surface area contributed by atoms with Gasteiger partial charge in [0.15, 0.2) is 0 Å². The first kappa shape index (κ1) is 26.1. The van der Waals surface area contributed by atoms with Crippen molar-refractivity contribution in [2.45, 2.75) is 105 Å². The van der Waals surface area contributed by atoms with Gasteiger partial charge in [0.2, 0.25) is 11.4 Å². The fraction of sp³-hybridized carbons (Fsp3) is 0.500. The van der Waals surface area contributed by atoms with Crippen LogP contribution in [0.3, 0.4) is 0 Å². The number of allylic oxidation sites excluding steroid dienone is 2. The Bertz CT molecular complexity index is 1050. The average Bonchev–Trinajstić information content (AvgIpc) is 3.13. The van der Waals surface area contributed by atoms with Crippen LogP contribution in [0.1, 0.15) is 112 Å². The van der Waals surface area contributed by atoms with Crippen LogP contribution >= 0.6 is 0 Å². The van der Waals surface area contributed by atoms with Gasteiger partial charge in [-0.3, -0.25) is 0 Å². The average molecular weight is 457 g/mol. The van der Waals surface area contributed by atoms with E-state index in [9.17, 15) is 5.53 Å². The maximum Gasteiger partial charge on any atom is 0.210 e. The minimum atomic E-state index is 0.913. The molecule has 0 N–H and O–H groups in total. The molecule has 0 bridgehead atoms. The zero-order valence-electron chi connectivity index (χ0n) is 22.2. The zero-order valence-corrected chi connectivity index (χ0v) is 22.2. The van der Waals surface area contributed by atoms with E-state index in [0.29, 0.717) is 0 Å². The maximum absolute atomic E-state index is 11.5. The molecule has 2 nitrogen and oxygen atoms in total. The van der Waals surface area contributed by atoms with Crippen LogP contribution in [0.2, 0.25) is 0 Å². The lowest BCUT2D eigenvalue weighted by Gasteiger charge is -2.13. The minimum Gasteiger partial charge on any atom is -0.493 e. The van der Waals surface area contributed by atoms with E-state index in [1.807, 2.05) is 0 Å². The van der Waals surface area contributed by atoms with Crippen molar-refractivity contribution < 1.29 is 4.70 Å². The molecule has 1 aliphatic rings. The summed E-state index contributed by atoms with van der Waals surface area (Å²) in [7, 11) is 0. The van der Waals surface area contributed by atoms with Crippen LogP contribution in [-0.2, 0) is 12.8 Å². The molecule has 0 radical (unpaired) electrons. The standard InChI is InChI=1S/C32H44N2/c1-6-9-12-14-26-17-24(4)19-29(21-26)31-23-28(16-11-8-3)32(34(31)33)30-20-25(5)18-27(22-30)15-13-10-7-2/h17-23H,6-16H2,1-5H3. The Morgan fingerprint density at radius 1 is 0.618 bits per heavy atom. The van der Waals surface area contributed by atoms with E-state index in [2.05, 4.69) is 77.1 Å². The van der Waals surface area contributed by atoms with E-state index in [-0.39, 0.29) is 0 Å². The Hall–Kier alpha value is -2.48. The molecule has 1 aliphatic heterocycles. The second-order valence-corrected chi connectivity index (χ2v) is 10.1. The molecule has 0 saturated heterocycles. The van der Waals surface area contributed by atoms with Crippen LogP contribution in [-0.4, -0.2) is 4.70 Å². The number of unbranched alkanes of at least 4 members (excludes halogenated alkanes) is 5. The summed E-state index contributed by atoms with van der Waals surface area (Å²) in [4.78, 5) is 0. The first-order valence-electron chi connectivity index (χ1n) is 13.6. The van der Waals surface area contributed by atoms with Crippen molar-refractivity contribution in [2.24, 2.45) is 0 Å². The van der Waals surface area contributed by atoms with Crippen LogP contribution in [0.5, 0.6) is 0 Å². The molecule has 0 atom stereocenters. The Morgan fingerprint density at radius 3 is 1.71 bits per heavy atom. The summed E-state index contributed by atoms with van der Waals surface area (Å²) in [5.74, 6) is 0. The highest BCUT2D eigenvalue weighted by Crippen LogP contribution is 2.38. The van der Waals surface area contributed by atoms with E-state index in [1.165, 1.54) is 71.0 Å². The van der Waals surface area contributed by atoms with Crippen molar-refractivity contribution in [1.82, 2.24) is 0 Å². The second kappa shape index (κ2) is 12.8. The van der Waals surface area contributed by atoms with Crippen molar-refractivity contribution >= 4 is 11.4 Å². The van der Waals surface area contributed by atoms with Crippen LogP contribution in [0.25, 0.3) is 16.9 Å². The van der Waals surface area contributed by atoms with E-state index >= 15 is 0 Å². The van der Waals surface area contributed by atoms with Gasteiger partial charge in [-0.1, -0.05) is 76.1 Å². The molecule has 0 spiro atoms. The predicted molar refractivity (Wildman–Crippen MR) is 147 cm³/mol. The Balaban J connectivity index is 1.95. The van der Waals surface area contributed by atoms with Gasteiger partial charge in [-0.05, 0) is 87.8 Å². The monoisotopic (exact) mass is 456 g/mol. The molecule has 34 heavy (non-hydrogen) atoms. The molecule has 1 heterocycles. The molecule has 0 aromatic heterocycles. The Labute approximate surface area is 208 Å². The summed E-state index contributed by atoms with van der Waals surface area (Å²) in [5.41, 5.74) is 22.2. The first-order chi connectivity index (χ1) is 16.5. The number of hydrogen-bond acceptors (Lipinski definition) is 0. The summed E-state index contributed by atoms with van der Waals surface area (Å²) < 4.78 is 1.47. The number of aryl methyl sites for hydroxylation is 4. The van der Waals surface area contributed by atoms with E-state index in [1.54, 1.807) is 0 Å². The summed E-state index contributed by atoms with van der Waals surface area (Å²) in [5, 5.41) is 0. The molecular formula is C32H44N2. The van der Waals surface area contributed by atoms with Gasteiger partial charge in [-0.2, -0.15) is 0 Å². The summed E-state index contributed by atoms with van der Waals surface area (Å²) in [6.07, 6.45) is 15.1. The third-order valence-electron chi connectivity index (χ3n) is 6.84. The van der Waals surface area contributed by atoms with Crippen molar-refractivity contribution in [3.8, 4) is 0 Å². The molecule has 3 rings (SSSR count). The smallest absolute Gasteiger partial charge is 0.210 e. The van der Waals surface area contributed by atoms with E-state index in [0.717, 1.165) is 54.6 Å². The minimum absolute atomic E-state index is 0.913. The van der Waals surface area contributed by atoms with E-state index < -0.39 is 0 Å². The highest BCUT2D eigenvalue weighted by Gasteiger charge is 2.29. The van der Waals surface area contributed by atoms with Gasteiger partial charge in [0.05, 0.1) is 0 Å². The van der Waals surface area contributed by atoms with Gasteiger partial charge < -0.3 is 5.53 Å².